The van der Waals surface area contributed by atoms with Crippen LogP contribution in [0.2, 0.25) is 0 Å². The normalized spacial score (nSPS) is 15.9. The molecule has 0 atom stereocenters. The van der Waals surface area contributed by atoms with Gasteiger partial charge < -0.3 is 5.11 Å². The molecule has 0 radical (unpaired) electrons. The average molecular weight is 262 g/mol. The molecule has 0 unspecified atom stereocenters. The molecule has 1 N–H and O–H groups in total. The zero-order chi connectivity index (χ0) is 14.2. The molecule has 1 heterocycles. The van der Waals surface area contributed by atoms with Crippen LogP contribution < -0.4 is 4.90 Å². The Bertz CT molecular complexity index is 568. The molecule has 0 aliphatic carbocycles. The van der Waals surface area contributed by atoms with E-state index in [1.807, 2.05) is 0 Å². The van der Waals surface area contributed by atoms with Gasteiger partial charge in [0, 0.05) is 25.7 Å². The highest BCUT2D eigenvalue weighted by Crippen LogP contribution is 2.25. The summed E-state index contributed by atoms with van der Waals surface area (Å²) in [5.41, 5.74) is 1.44. The summed E-state index contributed by atoms with van der Waals surface area (Å²) in [4.78, 5) is 36.9. The fraction of sp³-hybridized carbons (Fsp3) is 0.308. The second-order valence-electron chi connectivity index (χ2n) is 4.44. The lowest BCUT2D eigenvalue weighted by Gasteiger charge is -2.32. The number of benzene rings is 1. The summed E-state index contributed by atoms with van der Waals surface area (Å²) in [6.45, 7) is 2.07. The predicted molar refractivity (Wildman–Crippen MR) is 68.3 cm³/mol. The number of hydrogen-bond donors (Lipinski definition) is 1. The summed E-state index contributed by atoms with van der Waals surface area (Å²) in [5.74, 6) is -1.27. The highest BCUT2D eigenvalue weighted by molar-refractivity contribution is 6.06. The quantitative estimate of drug-likeness (QED) is 0.875. The number of carbonyl (C=O) groups excluding carboxylic acids is 2. The molecular formula is C13H14N2O4. The van der Waals surface area contributed by atoms with Gasteiger partial charge in [0.1, 0.15) is 0 Å². The Balaban J connectivity index is 2.41. The number of imide groups is 1. The Morgan fingerprint density at radius 1 is 1.32 bits per heavy atom. The molecule has 19 heavy (non-hydrogen) atoms. The van der Waals surface area contributed by atoms with Crippen LogP contribution >= 0.6 is 0 Å². The summed E-state index contributed by atoms with van der Waals surface area (Å²) >= 11 is 0. The number of aryl methyl sites for hydroxylation is 1. The van der Waals surface area contributed by atoms with Crippen molar-refractivity contribution in [3.63, 3.8) is 0 Å². The van der Waals surface area contributed by atoms with Crippen LogP contribution in [0, 0.1) is 6.92 Å². The lowest BCUT2D eigenvalue weighted by atomic mass is 10.1. The highest BCUT2D eigenvalue weighted by atomic mass is 16.4. The predicted octanol–water partition coefficient (Wildman–Crippen LogP) is 1.48. The zero-order valence-corrected chi connectivity index (χ0v) is 10.7. The number of carboxylic acid groups (broad SMARTS) is 1. The Morgan fingerprint density at radius 2 is 2.00 bits per heavy atom. The van der Waals surface area contributed by atoms with Gasteiger partial charge in [0.25, 0.3) is 0 Å². The molecule has 1 fully saturated rings. The fourth-order valence-electron chi connectivity index (χ4n) is 2.02. The van der Waals surface area contributed by atoms with Crippen LogP contribution in [0.1, 0.15) is 22.3 Å². The van der Waals surface area contributed by atoms with Gasteiger partial charge >= 0.3 is 12.0 Å². The minimum absolute atomic E-state index is 0.118. The van der Waals surface area contributed by atoms with Crippen molar-refractivity contribution in [2.24, 2.45) is 0 Å². The van der Waals surface area contributed by atoms with Gasteiger partial charge in [-0.25, -0.2) is 9.59 Å². The number of rotatable bonds is 2. The van der Waals surface area contributed by atoms with Crippen molar-refractivity contribution < 1.29 is 19.5 Å². The molecule has 1 saturated heterocycles. The van der Waals surface area contributed by atoms with E-state index in [0.717, 1.165) is 10.5 Å². The summed E-state index contributed by atoms with van der Waals surface area (Å²) in [5, 5.41) is 8.99. The second-order valence-corrected chi connectivity index (χ2v) is 4.44. The smallest absolute Gasteiger partial charge is 0.335 e. The summed E-state index contributed by atoms with van der Waals surface area (Å²) in [6, 6.07) is 4.17. The Kier molecular flexibility index (Phi) is 3.25. The van der Waals surface area contributed by atoms with Crippen molar-refractivity contribution >= 4 is 23.6 Å². The maximum absolute atomic E-state index is 12.1. The largest absolute Gasteiger partial charge is 0.478 e. The molecule has 1 aliphatic rings. The van der Waals surface area contributed by atoms with E-state index < -0.39 is 12.0 Å². The molecule has 1 aromatic rings. The standard InChI is InChI=1S/C13H14N2O4/c1-8-3-4-9(12(17)18)7-10(8)15-6-5-11(16)14(2)13(15)19/h3-4,7H,5-6H2,1-2H3,(H,17,18). The Hall–Kier alpha value is -2.37. The molecule has 0 bridgehead atoms. The number of hydrogen-bond acceptors (Lipinski definition) is 3. The summed E-state index contributed by atoms with van der Waals surface area (Å²) in [7, 11) is 1.42. The Morgan fingerprint density at radius 3 is 2.63 bits per heavy atom. The van der Waals surface area contributed by atoms with Gasteiger partial charge in [-0.1, -0.05) is 6.07 Å². The third-order valence-electron chi connectivity index (χ3n) is 3.19. The summed E-state index contributed by atoms with van der Waals surface area (Å²) in [6.07, 6.45) is 0.235. The van der Waals surface area contributed by atoms with Crippen molar-refractivity contribution in [3.05, 3.63) is 29.3 Å². The highest BCUT2D eigenvalue weighted by Gasteiger charge is 2.30. The molecule has 100 valence electrons. The van der Waals surface area contributed by atoms with Gasteiger partial charge in [-0.2, -0.15) is 0 Å². The number of nitrogens with zero attached hydrogens (tertiary/aromatic N) is 2. The van der Waals surface area contributed by atoms with Crippen molar-refractivity contribution in [3.8, 4) is 0 Å². The van der Waals surface area contributed by atoms with Crippen molar-refractivity contribution in [2.45, 2.75) is 13.3 Å². The number of aromatic carboxylic acids is 1. The minimum atomic E-state index is -1.05. The van der Waals surface area contributed by atoms with Crippen LogP contribution in [-0.2, 0) is 4.79 Å². The topological polar surface area (TPSA) is 77.9 Å². The van der Waals surface area contributed by atoms with E-state index in [1.54, 1.807) is 13.0 Å². The molecule has 2 rings (SSSR count). The van der Waals surface area contributed by atoms with Gasteiger partial charge in [0.2, 0.25) is 5.91 Å². The van der Waals surface area contributed by atoms with E-state index >= 15 is 0 Å². The molecule has 0 saturated carbocycles. The molecule has 1 aliphatic heterocycles. The van der Waals surface area contributed by atoms with E-state index in [0.29, 0.717) is 5.69 Å². The lowest BCUT2D eigenvalue weighted by Crippen LogP contribution is -2.50. The van der Waals surface area contributed by atoms with Crippen LogP contribution in [0.25, 0.3) is 0 Å². The number of urea groups is 1. The maximum atomic E-state index is 12.1. The Labute approximate surface area is 110 Å². The molecule has 0 spiro atoms. The van der Waals surface area contributed by atoms with Crippen molar-refractivity contribution in [2.75, 3.05) is 18.5 Å². The third-order valence-corrected chi connectivity index (χ3v) is 3.19. The lowest BCUT2D eigenvalue weighted by molar-refractivity contribution is -0.127. The fourth-order valence-corrected chi connectivity index (χ4v) is 2.02. The zero-order valence-electron chi connectivity index (χ0n) is 10.7. The SMILES string of the molecule is Cc1ccc(C(=O)O)cc1N1CCC(=O)N(C)C1=O. The van der Waals surface area contributed by atoms with Crippen molar-refractivity contribution in [1.82, 2.24) is 4.90 Å². The number of anilines is 1. The van der Waals surface area contributed by atoms with Gasteiger partial charge in [-0.15, -0.1) is 0 Å². The first-order valence-corrected chi connectivity index (χ1v) is 5.84. The third kappa shape index (κ3) is 2.29. The molecule has 1 aromatic carbocycles. The van der Waals surface area contributed by atoms with Crippen molar-refractivity contribution in [1.29, 1.82) is 0 Å². The summed E-state index contributed by atoms with van der Waals surface area (Å²) < 4.78 is 0. The van der Waals surface area contributed by atoms with E-state index in [9.17, 15) is 14.4 Å². The van der Waals surface area contributed by atoms with E-state index in [1.165, 1.54) is 24.1 Å². The molecule has 6 heteroatoms. The molecular weight excluding hydrogens is 248 g/mol. The second kappa shape index (κ2) is 4.72. The number of carboxylic acids is 1. The first-order chi connectivity index (χ1) is 8.91. The van der Waals surface area contributed by atoms with Crippen LogP contribution in [0.3, 0.4) is 0 Å². The van der Waals surface area contributed by atoms with E-state index in [2.05, 4.69) is 0 Å². The molecule has 3 amide bonds. The molecule has 0 aromatic heterocycles. The number of carbonyl (C=O) groups is 3. The van der Waals surface area contributed by atoms with Crippen LogP contribution in [-0.4, -0.2) is 41.5 Å². The first-order valence-electron chi connectivity index (χ1n) is 5.84. The monoisotopic (exact) mass is 262 g/mol. The maximum Gasteiger partial charge on any atom is 0.335 e. The van der Waals surface area contributed by atoms with Gasteiger partial charge in [-0.3, -0.25) is 14.6 Å². The molecule has 6 nitrogen and oxygen atoms in total. The van der Waals surface area contributed by atoms with Crippen LogP contribution in [0.15, 0.2) is 18.2 Å². The average Bonchev–Trinajstić information content (AvgIpc) is 2.37. The van der Waals surface area contributed by atoms with Crippen LogP contribution in [0.5, 0.6) is 0 Å². The van der Waals surface area contributed by atoms with Gasteiger partial charge in [-0.05, 0) is 24.6 Å². The minimum Gasteiger partial charge on any atom is -0.478 e. The van der Waals surface area contributed by atoms with E-state index in [-0.39, 0.29) is 24.4 Å². The van der Waals surface area contributed by atoms with Gasteiger partial charge in [0.05, 0.1) is 5.56 Å². The van der Waals surface area contributed by atoms with Crippen LogP contribution in [0.4, 0.5) is 10.5 Å². The number of amides is 3. The first kappa shape index (κ1) is 13.1. The van der Waals surface area contributed by atoms with Gasteiger partial charge in [0.15, 0.2) is 0 Å². The van der Waals surface area contributed by atoms with E-state index in [4.69, 9.17) is 5.11 Å².